The van der Waals surface area contributed by atoms with E-state index in [1.165, 1.54) is 23.5 Å². The Hall–Kier alpha value is -2.55. The van der Waals surface area contributed by atoms with Crippen LogP contribution in [0.5, 0.6) is 0 Å². The van der Waals surface area contributed by atoms with E-state index in [1.807, 2.05) is 18.2 Å². The van der Waals surface area contributed by atoms with Crippen molar-refractivity contribution < 1.29 is 13.2 Å². The van der Waals surface area contributed by atoms with Crippen molar-refractivity contribution in [2.24, 2.45) is 12.0 Å². The molecule has 2 atom stereocenters. The molecule has 0 radical (unpaired) electrons. The first kappa shape index (κ1) is 21.2. The second-order valence-corrected chi connectivity index (χ2v) is 7.44. The van der Waals surface area contributed by atoms with E-state index in [2.05, 4.69) is 44.7 Å². The summed E-state index contributed by atoms with van der Waals surface area (Å²) >= 11 is 0. The standard InChI is InChI=1S/C20H27F3N6/c1-14-9-17(13-29(14)11-15-7-5-4-6-8-15)26-19(24-2)25-10-16-12-28(3)27-18(16)20(21,22)23/h4-8,12,14,17H,9-11,13H2,1-3H3,(H2,24,25,26). The SMILES string of the molecule is CN=C(NCc1cn(C)nc1C(F)(F)F)NC1CC(C)N(Cc2ccccc2)C1. The molecule has 6 nitrogen and oxygen atoms in total. The van der Waals surface area contributed by atoms with E-state index in [0.29, 0.717) is 12.0 Å². The minimum absolute atomic E-state index is 0.00163. The quantitative estimate of drug-likeness (QED) is 0.590. The Balaban J connectivity index is 1.56. The Labute approximate surface area is 168 Å². The van der Waals surface area contributed by atoms with E-state index in [4.69, 9.17) is 0 Å². The van der Waals surface area contributed by atoms with E-state index in [1.54, 1.807) is 7.05 Å². The van der Waals surface area contributed by atoms with Crippen molar-refractivity contribution in [2.75, 3.05) is 13.6 Å². The molecule has 1 saturated heterocycles. The second-order valence-electron chi connectivity index (χ2n) is 7.44. The molecule has 2 N–H and O–H groups in total. The Morgan fingerprint density at radius 1 is 1.28 bits per heavy atom. The van der Waals surface area contributed by atoms with Crippen LogP contribution < -0.4 is 10.6 Å². The molecule has 2 unspecified atom stereocenters. The lowest BCUT2D eigenvalue weighted by Crippen LogP contribution is -2.44. The molecule has 158 valence electrons. The lowest BCUT2D eigenvalue weighted by Gasteiger charge is -2.21. The van der Waals surface area contributed by atoms with Crippen LogP contribution in [-0.4, -0.2) is 46.3 Å². The number of nitrogens with zero attached hydrogens (tertiary/aromatic N) is 4. The molecule has 2 aromatic rings. The summed E-state index contributed by atoms with van der Waals surface area (Å²) in [6.07, 6.45) is -2.16. The Morgan fingerprint density at radius 3 is 2.66 bits per heavy atom. The number of likely N-dealkylation sites (tertiary alicyclic amines) is 1. The Kier molecular flexibility index (Phi) is 6.46. The molecule has 1 aliphatic rings. The average Bonchev–Trinajstić information content (AvgIpc) is 3.21. The monoisotopic (exact) mass is 408 g/mol. The van der Waals surface area contributed by atoms with E-state index in [9.17, 15) is 13.2 Å². The molecule has 0 amide bonds. The first-order valence-corrected chi connectivity index (χ1v) is 9.61. The number of nitrogens with one attached hydrogen (secondary N) is 2. The fourth-order valence-electron chi connectivity index (χ4n) is 3.71. The van der Waals surface area contributed by atoms with Crippen molar-refractivity contribution in [3.8, 4) is 0 Å². The van der Waals surface area contributed by atoms with E-state index in [-0.39, 0.29) is 18.2 Å². The number of alkyl halides is 3. The first-order valence-electron chi connectivity index (χ1n) is 9.61. The fourth-order valence-corrected chi connectivity index (χ4v) is 3.71. The molecule has 3 rings (SSSR count). The molecule has 29 heavy (non-hydrogen) atoms. The van der Waals surface area contributed by atoms with Gasteiger partial charge >= 0.3 is 6.18 Å². The van der Waals surface area contributed by atoms with Crippen molar-refractivity contribution >= 4 is 5.96 Å². The van der Waals surface area contributed by atoms with Gasteiger partial charge in [-0.1, -0.05) is 30.3 Å². The highest BCUT2D eigenvalue weighted by molar-refractivity contribution is 5.80. The zero-order chi connectivity index (χ0) is 21.0. The highest BCUT2D eigenvalue weighted by atomic mass is 19.4. The first-order chi connectivity index (χ1) is 13.8. The number of halogens is 3. The van der Waals surface area contributed by atoms with Crippen LogP contribution in [0.3, 0.4) is 0 Å². The van der Waals surface area contributed by atoms with Gasteiger partial charge in [-0.05, 0) is 18.9 Å². The molecular weight excluding hydrogens is 381 g/mol. The molecule has 0 bridgehead atoms. The maximum atomic E-state index is 13.1. The Bertz CT molecular complexity index is 830. The molecule has 0 saturated carbocycles. The van der Waals surface area contributed by atoms with E-state index in [0.717, 1.165) is 19.5 Å². The topological polar surface area (TPSA) is 57.5 Å². The van der Waals surface area contributed by atoms with Crippen LogP contribution in [-0.2, 0) is 26.3 Å². The van der Waals surface area contributed by atoms with Gasteiger partial charge in [0.1, 0.15) is 0 Å². The fraction of sp³-hybridized carbons (Fsp3) is 0.500. The van der Waals surface area contributed by atoms with Gasteiger partial charge in [-0.25, -0.2) is 0 Å². The van der Waals surface area contributed by atoms with Gasteiger partial charge in [-0.3, -0.25) is 14.6 Å². The van der Waals surface area contributed by atoms with Gasteiger partial charge in [-0.15, -0.1) is 0 Å². The zero-order valence-electron chi connectivity index (χ0n) is 16.9. The van der Waals surface area contributed by atoms with Gasteiger partial charge in [0, 0.05) is 57.6 Å². The van der Waals surface area contributed by atoms with Crippen LogP contribution in [0.4, 0.5) is 13.2 Å². The number of guanidine groups is 1. The van der Waals surface area contributed by atoms with Gasteiger partial charge in [-0.2, -0.15) is 18.3 Å². The third kappa shape index (κ3) is 5.50. The maximum absolute atomic E-state index is 13.1. The molecular formula is C20H27F3N6. The third-order valence-electron chi connectivity index (χ3n) is 5.12. The van der Waals surface area contributed by atoms with Crippen molar-refractivity contribution in [2.45, 2.75) is 44.7 Å². The summed E-state index contributed by atoms with van der Waals surface area (Å²) in [5, 5.41) is 9.85. The van der Waals surface area contributed by atoms with Gasteiger partial charge in [0.25, 0.3) is 0 Å². The van der Waals surface area contributed by atoms with Gasteiger partial charge in [0.15, 0.2) is 11.7 Å². The Morgan fingerprint density at radius 2 is 2.00 bits per heavy atom. The molecule has 9 heteroatoms. The number of aryl methyl sites for hydroxylation is 1. The highest BCUT2D eigenvalue weighted by Gasteiger charge is 2.37. The lowest BCUT2D eigenvalue weighted by atomic mass is 10.2. The number of rotatable bonds is 5. The molecule has 1 aromatic heterocycles. The molecule has 2 heterocycles. The van der Waals surface area contributed by atoms with Crippen LogP contribution in [0.1, 0.15) is 30.2 Å². The van der Waals surface area contributed by atoms with Crippen LogP contribution in [0.25, 0.3) is 0 Å². The molecule has 1 aliphatic heterocycles. The van der Waals surface area contributed by atoms with Gasteiger partial charge in [0.2, 0.25) is 0 Å². The highest BCUT2D eigenvalue weighted by Crippen LogP contribution is 2.30. The number of hydrogen-bond acceptors (Lipinski definition) is 3. The summed E-state index contributed by atoms with van der Waals surface area (Å²) in [6.45, 7) is 3.90. The number of hydrogen-bond donors (Lipinski definition) is 2. The van der Waals surface area contributed by atoms with Crippen molar-refractivity contribution in [3.05, 3.63) is 53.3 Å². The largest absolute Gasteiger partial charge is 0.435 e. The maximum Gasteiger partial charge on any atom is 0.435 e. The summed E-state index contributed by atoms with van der Waals surface area (Å²) in [5.41, 5.74) is 0.485. The predicted molar refractivity (Wildman–Crippen MR) is 106 cm³/mol. The smallest absolute Gasteiger partial charge is 0.352 e. The lowest BCUT2D eigenvalue weighted by molar-refractivity contribution is -0.142. The average molecular weight is 408 g/mol. The van der Waals surface area contributed by atoms with Crippen LogP contribution >= 0.6 is 0 Å². The molecule has 0 aliphatic carbocycles. The summed E-state index contributed by atoms with van der Waals surface area (Å²) in [5.74, 6) is 0.487. The van der Waals surface area contributed by atoms with Crippen molar-refractivity contribution in [1.29, 1.82) is 0 Å². The number of benzene rings is 1. The van der Waals surface area contributed by atoms with Crippen LogP contribution in [0.15, 0.2) is 41.5 Å². The van der Waals surface area contributed by atoms with Crippen molar-refractivity contribution in [1.82, 2.24) is 25.3 Å². The van der Waals surface area contributed by atoms with E-state index >= 15 is 0 Å². The molecule has 1 fully saturated rings. The second kappa shape index (κ2) is 8.86. The van der Waals surface area contributed by atoms with E-state index < -0.39 is 11.9 Å². The summed E-state index contributed by atoms with van der Waals surface area (Å²) in [6, 6.07) is 10.9. The summed E-state index contributed by atoms with van der Waals surface area (Å²) in [7, 11) is 3.09. The van der Waals surface area contributed by atoms with Crippen LogP contribution in [0, 0.1) is 0 Å². The predicted octanol–water partition coefficient (Wildman–Crippen LogP) is 2.77. The van der Waals surface area contributed by atoms with Gasteiger partial charge < -0.3 is 10.6 Å². The minimum atomic E-state index is -4.48. The normalized spacial score (nSPS) is 20.8. The van der Waals surface area contributed by atoms with Crippen LogP contribution in [0.2, 0.25) is 0 Å². The number of aromatic nitrogens is 2. The number of aliphatic imine (C=N–C) groups is 1. The third-order valence-corrected chi connectivity index (χ3v) is 5.12. The van der Waals surface area contributed by atoms with Crippen molar-refractivity contribution in [3.63, 3.8) is 0 Å². The summed E-state index contributed by atoms with van der Waals surface area (Å²) in [4.78, 5) is 6.56. The van der Waals surface area contributed by atoms with Gasteiger partial charge in [0.05, 0.1) is 0 Å². The minimum Gasteiger partial charge on any atom is -0.352 e. The molecule has 0 spiro atoms. The molecule has 1 aromatic carbocycles. The summed E-state index contributed by atoms with van der Waals surface area (Å²) < 4.78 is 40.5. The zero-order valence-corrected chi connectivity index (χ0v) is 16.9.